The Morgan fingerprint density at radius 3 is 2.87 bits per heavy atom. The lowest BCUT2D eigenvalue weighted by atomic mass is 10.2. The van der Waals surface area contributed by atoms with E-state index in [9.17, 15) is 4.79 Å². The normalized spacial score (nSPS) is 10.7. The van der Waals surface area contributed by atoms with Gasteiger partial charge >= 0.3 is 0 Å². The molecular weight excluding hydrogens is 374 g/mol. The maximum atomic E-state index is 12.1. The molecule has 0 unspecified atom stereocenters. The number of aryl methyl sites for hydroxylation is 1. The van der Waals surface area contributed by atoms with E-state index in [1.54, 1.807) is 0 Å². The molecule has 3 aromatic rings. The highest BCUT2D eigenvalue weighted by Gasteiger charge is 2.08. The molecule has 6 heteroatoms. The van der Waals surface area contributed by atoms with Gasteiger partial charge in [0, 0.05) is 15.5 Å². The Balaban J connectivity index is 1.67. The number of anilines is 1. The van der Waals surface area contributed by atoms with Gasteiger partial charge in [0.2, 0.25) is 5.91 Å². The number of nitrogens with zero attached hydrogens (tertiary/aromatic N) is 2. The number of benzene rings is 2. The van der Waals surface area contributed by atoms with Crippen LogP contribution in [0.1, 0.15) is 5.56 Å². The number of rotatable bonds is 4. The van der Waals surface area contributed by atoms with E-state index in [0.717, 1.165) is 31.7 Å². The summed E-state index contributed by atoms with van der Waals surface area (Å²) in [4.78, 5) is 20.6. The summed E-state index contributed by atoms with van der Waals surface area (Å²) in [5, 5.41) is 4.67. The molecule has 0 aliphatic rings. The van der Waals surface area contributed by atoms with Crippen LogP contribution in [-0.2, 0) is 4.79 Å². The molecule has 1 aromatic heterocycles. The number of para-hydroxylation sites is 1. The molecule has 0 saturated heterocycles. The zero-order valence-electron chi connectivity index (χ0n) is 12.4. The van der Waals surface area contributed by atoms with Crippen molar-refractivity contribution in [1.29, 1.82) is 0 Å². The third kappa shape index (κ3) is 3.89. The summed E-state index contributed by atoms with van der Waals surface area (Å²) < 4.78 is 0.977. The summed E-state index contributed by atoms with van der Waals surface area (Å²) in [6.45, 7) is 2.01. The van der Waals surface area contributed by atoms with E-state index in [0.29, 0.717) is 5.75 Å². The van der Waals surface area contributed by atoms with Gasteiger partial charge in [0.05, 0.1) is 11.3 Å². The maximum Gasteiger partial charge on any atom is 0.234 e. The predicted molar refractivity (Wildman–Crippen MR) is 97.8 cm³/mol. The van der Waals surface area contributed by atoms with E-state index >= 15 is 0 Å². The molecule has 116 valence electrons. The van der Waals surface area contributed by atoms with Gasteiger partial charge < -0.3 is 5.32 Å². The summed E-state index contributed by atoms with van der Waals surface area (Å²) in [7, 11) is 0. The number of hydrogen-bond acceptors (Lipinski definition) is 4. The monoisotopic (exact) mass is 387 g/mol. The van der Waals surface area contributed by atoms with Gasteiger partial charge in [-0.15, -0.1) is 0 Å². The third-order valence-corrected chi connectivity index (χ3v) is 5.16. The van der Waals surface area contributed by atoms with Gasteiger partial charge in [-0.05, 0) is 30.7 Å². The Kier molecular flexibility index (Phi) is 4.93. The molecule has 1 amide bonds. The van der Waals surface area contributed by atoms with Gasteiger partial charge in [0.15, 0.2) is 0 Å². The molecule has 0 spiro atoms. The molecule has 4 nitrogen and oxygen atoms in total. The first-order valence-electron chi connectivity index (χ1n) is 7.02. The van der Waals surface area contributed by atoms with Crippen LogP contribution in [0.25, 0.3) is 10.9 Å². The fraction of sp³-hybridized carbons (Fsp3) is 0.118. The highest BCUT2D eigenvalue weighted by Crippen LogP contribution is 2.25. The minimum absolute atomic E-state index is 0.0616. The smallest absolute Gasteiger partial charge is 0.234 e. The van der Waals surface area contributed by atoms with Crippen LogP contribution < -0.4 is 5.32 Å². The molecule has 2 aromatic carbocycles. The quantitative estimate of drug-likeness (QED) is 0.531. The third-order valence-electron chi connectivity index (χ3n) is 3.30. The standard InChI is InChI=1S/C17H14BrN3OS/c1-11-6-7-12(8-14(11)18)21-16(22)9-23-17-13-4-2-3-5-15(13)19-10-20-17/h2-8,10H,9H2,1H3,(H,21,22). The number of hydrogen-bond donors (Lipinski definition) is 1. The predicted octanol–water partition coefficient (Wildman–Crippen LogP) is 4.43. The van der Waals surface area contributed by atoms with Crippen LogP contribution in [0.3, 0.4) is 0 Å². The molecule has 3 rings (SSSR count). The summed E-state index contributed by atoms with van der Waals surface area (Å²) in [6.07, 6.45) is 1.53. The zero-order valence-corrected chi connectivity index (χ0v) is 14.8. The number of thioether (sulfide) groups is 1. The van der Waals surface area contributed by atoms with Crippen LogP contribution in [-0.4, -0.2) is 21.6 Å². The van der Waals surface area contributed by atoms with Crippen LogP contribution in [0.4, 0.5) is 5.69 Å². The van der Waals surface area contributed by atoms with Crippen molar-refractivity contribution in [3.05, 3.63) is 58.8 Å². The molecule has 0 saturated carbocycles. The molecule has 1 heterocycles. The number of carbonyl (C=O) groups excluding carboxylic acids is 1. The first kappa shape index (κ1) is 16.0. The van der Waals surface area contributed by atoms with Gasteiger partial charge in [-0.2, -0.15) is 0 Å². The molecule has 23 heavy (non-hydrogen) atoms. The Bertz CT molecular complexity index is 864. The fourth-order valence-corrected chi connectivity index (χ4v) is 3.27. The minimum atomic E-state index is -0.0616. The number of nitrogens with one attached hydrogen (secondary N) is 1. The highest BCUT2D eigenvalue weighted by atomic mass is 79.9. The van der Waals surface area contributed by atoms with Crippen molar-refractivity contribution < 1.29 is 4.79 Å². The van der Waals surface area contributed by atoms with Gasteiger partial charge in [-0.1, -0.05) is 52.0 Å². The molecule has 0 fully saturated rings. The van der Waals surface area contributed by atoms with Crippen molar-refractivity contribution in [2.45, 2.75) is 11.9 Å². The van der Waals surface area contributed by atoms with Crippen molar-refractivity contribution in [2.75, 3.05) is 11.1 Å². The lowest BCUT2D eigenvalue weighted by molar-refractivity contribution is -0.113. The van der Waals surface area contributed by atoms with E-state index < -0.39 is 0 Å². The number of aromatic nitrogens is 2. The van der Waals surface area contributed by atoms with Crippen molar-refractivity contribution >= 4 is 50.2 Å². The lowest BCUT2D eigenvalue weighted by Crippen LogP contribution is -2.14. The Hall–Kier alpha value is -1.92. The van der Waals surface area contributed by atoms with Gasteiger partial charge in [0.25, 0.3) is 0 Å². The number of amides is 1. The zero-order chi connectivity index (χ0) is 16.2. The van der Waals surface area contributed by atoms with Crippen LogP contribution >= 0.6 is 27.7 Å². The topological polar surface area (TPSA) is 54.9 Å². The summed E-state index contributed by atoms with van der Waals surface area (Å²) in [6, 6.07) is 13.5. The average molecular weight is 388 g/mol. The van der Waals surface area contributed by atoms with Crippen LogP contribution in [0.2, 0.25) is 0 Å². The van der Waals surface area contributed by atoms with Crippen LogP contribution in [0, 0.1) is 6.92 Å². The van der Waals surface area contributed by atoms with E-state index in [2.05, 4.69) is 31.2 Å². The second-order valence-electron chi connectivity index (χ2n) is 5.00. The average Bonchev–Trinajstić information content (AvgIpc) is 2.56. The van der Waals surface area contributed by atoms with Gasteiger partial charge in [-0.25, -0.2) is 9.97 Å². The van der Waals surface area contributed by atoms with Crippen molar-refractivity contribution in [2.24, 2.45) is 0 Å². The molecule has 1 N–H and O–H groups in total. The van der Waals surface area contributed by atoms with Gasteiger partial charge in [-0.3, -0.25) is 4.79 Å². The summed E-state index contributed by atoms with van der Waals surface area (Å²) >= 11 is 4.88. The largest absolute Gasteiger partial charge is 0.325 e. The van der Waals surface area contributed by atoms with E-state index in [-0.39, 0.29) is 5.91 Å². The maximum absolute atomic E-state index is 12.1. The number of carbonyl (C=O) groups is 1. The van der Waals surface area contributed by atoms with Crippen LogP contribution in [0.15, 0.2) is 58.3 Å². The molecule has 0 radical (unpaired) electrons. The molecule has 0 aliphatic heterocycles. The Labute approximate surface area is 146 Å². The van der Waals surface area contributed by atoms with Crippen molar-refractivity contribution in [3.63, 3.8) is 0 Å². The number of halogens is 1. The molecule has 0 bridgehead atoms. The molecule has 0 aliphatic carbocycles. The summed E-state index contributed by atoms with van der Waals surface area (Å²) in [5.74, 6) is 0.236. The summed E-state index contributed by atoms with van der Waals surface area (Å²) in [5.41, 5.74) is 2.79. The first-order chi connectivity index (χ1) is 11.1. The SMILES string of the molecule is Cc1ccc(NC(=O)CSc2ncnc3ccccc23)cc1Br. The van der Waals surface area contributed by atoms with E-state index in [1.807, 2.05) is 49.4 Å². The van der Waals surface area contributed by atoms with Gasteiger partial charge in [0.1, 0.15) is 11.4 Å². The van der Waals surface area contributed by atoms with E-state index in [4.69, 9.17) is 0 Å². The van der Waals surface area contributed by atoms with Crippen LogP contribution in [0.5, 0.6) is 0 Å². The number of fused-ring (bicyclic) bond motifs is 1. The Morgan fingerprint density at radius 2 is 2.04 bits per heavy atom. The lowest BCUT2D eigenvalue weighted by Gasteiger charge is -2.07. The Morgan fingerprint density at radius 1 is 1.22 bits per heavy atom. The van der Waals surface area contributed by atoms with Crippen molar-refractivity contribution in [3.8, 4) is 0 Å². The van der Waals surface area contributed by atoms with Crippen molar-refractivity contribution in [1.82, 2.24) is 9.97 Å². The second-order valence-corrected chi connectivity index (χ2v) is 6.82. The highest BCUT2D eigenvalue weighted by molar-refractivity contribution is 9.10. The fourth-order valence-electron chi connectivity index (χ4n) is 2.10. The minimum Gasteiger partial charge on any atom is -0.325 e. The molecule has 0 atom stereocenters. The second kappa shape index (κ2) is 7.10. The molecular formula is C17H14BrN3OS. The first-order valence-corrected chi connectivity index (χ1v) is 8.80. The van der Waals surface area contributed by atoms with E-state index in [1.165, 1.54) is 18.1 Å².